The van der Waals surface area contributed by atoms with Crippen LogP contribution in [0.15, 0.2) is 36.4 Å². The van der Waals surface area contributed by atoms with Gasteiger partial charge in [-0.3, -0.25) is 9.59 Å². The van der Waals surface area contributed by atoms with Crippen LogP contribution in [0.4, 0.5) is 0 Å². The molecule has 4 nitrogen and oxygen atoms in total. The van der Waals surface area contributed by atoms with E-state index >= 15 is 0 Å². The third-order valence-corrected chi connectivity index (χ3v) is 5.63. The summed E-state index contributed by atoms with van der Waals surface area (Å²) >= 11 is 12.0. The van der Waals surface area contributed by atoms with Crippen molar-refractivity contribution in [2.45, 2.75) is 18.9 Å². The Balaban J connectivity index is 1.62. The Hall–Kier alpha value is -2.04. The highest BCUT2D eigenvalue weighted by atomic mass is 35.5. The summed E-state index contributed by atoms with van der Waals surface area (Å²) in [6.07, 6.45) is 1.03. The van der Waals surface area contributed by atoms with Crippen molar-refractivity contribution < 1.29 is 9.59 Å². The lowest BCUT2D eigenvalue weighted by atomic mass is 9.85. The fourth-order valence-electron chi connectivity index (χ4n) is 3.70. The zero-order valence-corrected chi connectivity index (χ0v) is 14.9. The smallest absolute Gasteiger partial charge is 0.251 e. The highest BCUT2D eigenvalue weighted by Crippen LogP contribution is 2.35. The quantitative estimate of drug-likeness (QED) is 0.875. The predicted molar refractivity (Wildman–Crippen MR) is 97.1 cm³/mol. The van der Waals surface area contributed by atoms with Crippen molar-refractivity contribution in [1.29, 1.82) is 0 Å². The highest BCUT2D eigenvalue weighted by Gasteiger charge is 2.36. The fraction of sp³-hybridized carbons (Fsp3) is 0.263. The van der Waals surface area contributed by atoms with Crippen LogP contribution in [0.3, 0.4) is 0 Å². The van der Waals surface area contributed by atoms with E-state index < -0.39 is 0 Å². The Morgan fingerprint density at radius 1 is 1.20 bits per heavy atom. The summed E-state index contributed by atoms with van der Waals surface area (Å²) in [4.78, 5) is 26.9. The molecule has 2 aliphatic heterocycles. The first-order valence-electron chi connectivity index (χ1n) is 8.18. The largest absolute Gasteiger partial charge is 0.350 e. The second-order valence-electron chi connectivity index (χ2n) is 6.37. The molecule has 1 unspecified atom stereocenters. The molecule has 4 rings (SSSR count). The monoisotopic (exact) mass is 374 g/mol. The van der Waals surface area contributed by atoms with Gasteiger partial charge in [0.2, 0.25) is 5.91 Å². The summed E-state index contributed by atoms with van der Waals surface area (Å²) in [5, 5.41) is 3.82. The van der Waals surface area contributed by atoms with Gasteiger partial charge in [0.15, 0.2) is 0 Å². The number of nitrogens with one attached hydrogen (secondary N) is 1. The number of carbonyl (C=O) groups excluding carboxylic acids is 2. The van der Waals surface area contributed by atoms with E-state index in [-0.39, 0.29) is 24.3 Å². The molecule has 2 aromatic carbocycles. The summed E-state index contributed by atoms with van der Waals surface area (Å²) in [7, 11) is 0. The van der Waals surface area contributed by atoms with Crippen LogP contribution in [-0.2, 0) is 17.6 Å². The van der Waals surface area contributed by atoms with Gasteiger partial charge in [0.1, 0.15) is 0 Å². The number of rotatable bonds is 2. The van der Waals surface area contributed by atoms with E-state index in [4.69, 9.17) is 23.2 Å². The molecular formula is C19H16Cl2N2O2. The van der Waals surface area contributed by atoms with Crippen molar-refractivity contribution in [2.75, 3.05) is 13.1 Å². The molecule has 2 heterocycles. The van der Waals surface area contributed by atoms with Crippen molar-refractivity contribution in [1.82, 2.24) is 10.2 Å². The van der Waals surface area contributed by atoms with Crippen LogP contribution < -0.4 is 5.32 Å². The molecular weight excluding hydrogens is 359 g/mol. The minimum absolute atomic E-state index is 0.0278. The van der Waals surface area contributed by atoms with Crippen molar-refractivity contribution in [3.05, 3.63) is 68.7 Å². The lowest BCUT2D eigenvalue weighted by Gasteiger charge is -2.40. The second kappa shape index (κ2) is 6.36. The molecule has 1 N–H and O–H groups in total. The van der Waals surface area contributed by atoms with Crippen LogP contribution in [0, 0.1) is 0 Å². The summed E-state index contributed by atoms with van der Waals surface area (Å²) in [5.74, 6) is -0.0353. The van der Waals surface area contributed by atoms with Crippen LogP contribution in [0.1, 0.15) is 33.1 Å². The van der Waals surface area contributed by atoms with Crippen LogP contribution in [0.25, 0.3) is 0 Å². The van der Waals surface area contributed by atoms with E-state index in [2.05, 4.69) is 5.32 Å². The molecule has 0 bridgehead atoms. The van der Waals surface area contributed by atoms with Crippen molar-refractivity contribution in [3.63, 3.8) is 0 Å². The maximum atomic E-state index is 12.9. The first-order chi connectivity index (χ1) is 12.0. The molecule has 0 aromatic heterocycles. The van der Waals surface area contributed by atoms with Crippen LogP contribution in [0.2, 0.25) is 10.0 Å². The summed E-state index contributed by atoms with van der Waals surface area (Å²) in [6, 6.07) is 10.9. The Labute approximate surface area is 155 Å². The van der Waals surface area contributed by atoms with Gasteiger partial charge in [-0.15, -0.1) is 0 Å². The molecule has 0 saturated heterocycles. The van der Waals surface area contributed by atoms with Crippen LogP contribution >= 0.6 is 23.2 Å². The first-order valence-corrected chi connectivity index (χ1v) is 8.93. The van der Waals surface area contributed by atoms with E-state index in [1.165, 1.54) is 0 Å². The molecule has 128 valence electrons. The lowest BCUT2D eigenvalue weighted by molar-refractivity contribution is -0.133. The molecule has 6 heteroatoms. The molecule has 0 spiro atoms. The van der Waals surface area contributed by atoms with Crippen molar-refractivity contribution in [3.8, 4) is 0 Å². The zero-order valence-electron chi connectivity index (χ0n) is 13.4. The molecule has 0 saturated carbocycles. The van der Waals surface area contributed by atoms with Gasteiger partial charge >= 0.3 is 0 Å². The highest BCUT2D eigenvalue weighted by molar-refractivity contribution is 6.42. The van der Waals surface area contributed by atoms with E-state index in [9.17, 15) is 9.59 Å². The average molecular weight is 375 g/mol. The molecule has 2 aliphatic rings. The number of halogens is 2. The third-order valence-electron chi connectivity index (χ3n) is 4.89. The Morgan fingerprint density at radius 2 is 2.04 bits per heavy atom. The molecule has 0 fully saturated rings. The number of hydrogen-bond acceptors (Lipinski definition) is 2. The second-order valence-corrected chi connectivity index (χ2v) is 7.18. The van der Waals surface area contributed by atoms with Gasteiger partial charge in [0.25, 0.3) is 5.91 Å². The zero-order chi connectivity index (χ0) is 17.6. The van der Waals surface area contributed by atoms with Crippen molar-refractivity contribution in [2.24, 2.45) is 0 Å². The minimum atomic E-state index is -0.104. The number of carbonyl (C=O) groups is 2. The average Bonchev–Trinajstić information content (AvgIpc) is 2.61. The number of hydrogen-bond donors (Lipinski definition) is 1. The number of nitrogens with zero attached hydrogens (tertiary/aromatic N) is 1. The first kappa shape index (κ1) is 16.4. The predicted octanol–water partition coefficient (Wildman–Crippen LogP) is 3.41. The molecule has 1 atom stereocenters. The third kappa shape index (κ3) is 2.90. The normalized spacial score (nSPS) is 18.6. The maximum Gasteiger partial charge on any atom is 0.251 e. The van der Waals surface area contributed by atoms with Gasteiger partial charge in [-0.2, -0.15) is 0 Å². The number of benzene rings is 2. The van der Waals surface area contributed by atoms with E-state index in [1.807, 2.05) is 29.2 Å². The summed E-state index contributed by atoms with van der Waals surface area (Å²) in [5.41, 5.74) is 3.68. The summed E-state index contributed by atoms with van der Waals surface area (Å²) in [6.45, 7) is 1.10. The van der Waals surface area contributed by atoms with E-state index in [0.29, 0.717) is 28.7 Å². The number of amides is 2. The maximum absolute atomic E-state index is 12.9. The van der Waals surface area contributed by atoms with Gasteiger partial charge in [0.05, 0.1) is 22.5 Å². The van der Waals surface area contributed by atoms with Gasteiger partial charge in [-0.05, 0) is 41.3 Å². The fourth-order valence-corrected chi connectivity index (χ4v) is 4.02. The van der Waals surface area contributed by atoms with Gasteiger partial charge in [-0.25, -0.2) is 0 Å². The minimum Gasteiger partial charge on any atom is -0.350 e. The Morgan fingerprint density at radius 3 is 2.84 bits per heavy atom. The van der Waals surface area contributed by atoms with E-state index in [1.54, 1.807) is 12.1 Å². The summed E-state index contributed by atoms with van der Waals surface area (Å²) < 4.78 is 0. The molecule has 0 radical (unpaired) electrons. The van der Waals surface area contributed by atoms with Gasteiger partial charge < -0.3 is 10.2 Å². The topological polar surface area (TPSA) is 49.4 Å². The van der Waals surface area contributed by atoms with Crippen molar-refractivity contribution >= 4 is 35.0 Å². The van der Waals surface area contributed by atoms with Crippen LogP contribution in [-0.4, -0.2) is 29.8 Å². The lowest BCUT2D eigenvalue weighted by Crippen LogP contribution is -2.49. The molecule has 2 aromatic rings. The molecule has 2 amide bonds. The standard InChI is InChI=1S/C19H16Cl2N2O2/c20-14-5-4-11(8-15(14)21)9-17(24)23-7-6-12-2-1-3-13-18(12)16(23)10-22-19(13)25/h1-5,8,16H,6-7,9-10H2,(H,22,25). The molecule has 0 aliphatic carbocycles. The van der Waals surface area contributed by atoms with E-state index in [0.717, 1.165) is 23.1 Å². The SMILES string of the molecule is O=C1NCC2c3c(cccc31)CCN2C(=O)Cc1ccc(Cl)c(Cl)c1. The Bertz CT molecular complexity index is 882. The van der Waals surface area contributed by atoms with Crippen LogP contribution in [0.5, 0.6) is 0 Å². The molecule has 25 heavy (non-hydrogen) atoms. The van der Waals surface area contributed by atoms with Gasteiger partial charge in [-0.1, -0.05) is 41.4 Å². The van der Waals surface area contributed by atoms with Gasteiger partial charge in [0, 0.05) is 18.7 Å². The Kier molecular flexibility index (Phi) is 4.18.